The van der Waals surface area contributed by atoms with Crippen LogP contribution in [0.3, 0.4) is 0 Å². The zero-order valence-corrected chi connectivity index (χ0v) is 11.8. The first-order valence-corrected chi connectivity index (χ1v) is 7.51. The first kappa shape index (κ1) is 13.4. The van der Waals surface area contributed by atoms with Crippen molar-refractivity contribution in [1.82, 2.24) is 9.97 Å². The monoisotopic (exact) mass is 305 g/mol. The molecule has 0 aliphatic heterocycles. The van der Waals surface area contributed by atoms with Gasteiger partial charge in [0, 0.05) is 6.20 Å². The summed E-state index contributed by atoms with van der Waals surface area (Å²) >= 11 is 0. The van der Waals surface area contributed by atoms with Gasteiger partial charge in [-0.2, -0.15) is 0 Å². The third-order valence-electron chi connectivity index (χ3n) is 2.94. The van der Waals surface area contributed by atoms with Gasteiger partial charge in [-0.3, -0.25) is 9.71 Å². The van der Waals surface area contributed by atoms with Crippen molar-refractivity contribution in [2.45, 2.75) is 11.8 Å². The fourth-order valence-corrected chi connectivity index (χ4v) is 2.98. The molecule has 0 unspecified atom stereocenters. The molecule has 0 saturated carbocycles. The summed E-state index contributed by atoms with van der Waals surface area (Å²) in [4.78, 5) is 17.5. The molecule has 0 radical (unpaired) electrons. The smallest absolute Gasteiger partial charge is 0.408 e. The summed E-state index contributed by atoms with van der Waals surface area (Å²) in [6, 6.07) is 7.59. The van der Waals surface area contributed by atoms with Crippen molar-refractivity contribution >= 4 is 26.9 Å². The van der Waals surface area contributed by atoms with Gasteiger partial charge in [-0.15, -0.1) is 0 Å². The van der Waals surface area contributed by atoms with Crippen LogP contribution in [0.1, 0.15) is 5.56 Å². The van der Waals surface area contributed by atoms with E-state index in [1.165, 1.54) is 24.4 Å². The Hall–Kier alpha value is -2.61. The zero-order chi connectivity index (χ0) is 15.0. The van der Waals surface area contributed by atoms with E-state index in [0.717, 1.165) is 0 Å². The molecule has 21 heavy (non-hydrogen) atoms. The van der Waals surface area contributed by atoms with Gasteiger partial charge in [0.15, 0.2) is 5.58 Å². The molecule has 0 atom stereocenters. The molecule has 0 fully saturated rings. The minimum absolute atomic E-state index is 0.0112. The van der Waals surface area contributed by atoms with Crippen molar-refractivity contribution in [2.75, 3.05) is 4.72 Å². The van der Waals surface area contributed by atoms with E-state index in [-0.39, 0.29) is 10.7 Å². The van der Waals surface area contributed by atoms with Crippen LogP contribution < -0.4 is 10.5 Å². The Morgan fingerprint density at radius 3 is 2.86 bits per heavy atom. The highest BCUT2D eigenvalue weighted by atomic mass is 32.2. The van der Waals surface area contributed by atoms with Gasteiger partial charge in [-0.1, -0.05) is 6.07 Å². The number of nitrogens with one attached hydrogen (secondary N) is 2. The Balaban J connectivity index is 2.03. The number of aromatic amines is 1. The number of H-pyrrole nitrogens is 1. The molecule has 0 saturated heterocycles. The van der Waals surface area contributed by atoms with E-state index < -0.39 is 15.8 Å². The van der Waals surface area contributed by atoms with E-state index in [2.05, 4.69) is 14.7 Å². The fraction of sp³-hybridized carbons (Fsp3) is 0.0769. The molecule has 8 heteroatoms. The molecular weight excluding hydrogens is 294 g/mol. The van der Waals surface area contributed by atoms with E-state index in [4.69, 9.17) is 4.42 Å². The molecule has 108 valence electrons. The van der Waals surface area contributed by atoms with Gasteiger partial charge in [0.2, 0.25) is 0 Å². The van der Waals surface area contributed by atoms with Crippen molar-refractivity contribution in [3.05, 3.63) is 52.6 Å². The predicted molar refractivity (Wildman–Crippen MR) is 76.6 cm³/mol. The highest BCUT2D eigenvalue weighted by molar-refractivity contribution is 7.92. The lowest BCUT2D eigenvalue weighted by Crippen LogP contribution is -2.14. The molecule has 2 aromatic heterocycles. The number of fused-ring (bicyclic) bond motifs is 1. The van der Waals surface area contributed by atoms with Crippen molar-refractivity contribution in [3.63, 3.8) is 0 Å². The van der Waals surface area contributed by atoms with Crippen LogP contribution in [0.4, 0.5) is 5.82 Å². The second-order valence-corrected chi connectivity index (χ2v) is 6.13. The van der Waals surface area contributed by atoms with E-state index in [9.17, 15) is 13.2 Å². The van der Waals surface area contributed by atoms with Crippen molar-refractivity contribution in [1.29, 1.82) is 0 Å². The number of aryl methyl sites for hydroxylation is 1. The zero-order valence-electron chi connectivity index (χ0n) is 11.0. The molecule has 1 aromatic carbocycles. The second-order valence-electron chi connectivity index (χ2n) is 4.45. The Morgan fingerprint density at radius 2 is 2.10 bits per heavy atom. The summed E-state index contributed by atoms with van der Waals surface area (Å²) in [6.45, 7) is 1.75. The minimum atomic E-state index is -3.79. The number of hydrogen-bond donors (Lipinski definition) is 2. The maximum Gasteiger partial charge on any atom is 0.417 e. The third kappa shape index (κ3) is 2.52. The van der Waals surface area contributed by atoms with E-state index in [1.54, 1.807) is 19.1 Å². The van der Waals surface area contributed by atoms with Crippen LogP contribution in [0.15, 0.2) is 50.6 Å². The third-order valence-corrected chi connectivity index (χ3v) is 4.28. The fourth-order valence-electron chi connectivity index (χ4n) is 1.88. The molecule has 2 heterocycles. The standard InChI is InChI=1S/C13H11N3O4S/c1-8-3-2-6-14-12(8)16-21(18,19)9-4-5-11-10(7-9)15-13(17)20-11/h2-7H,1H3,(H,14,16)(H,15,17). The number of benzene rings is 1. The first-order chi connectivity index (χ1) is 9.95. The number of hydrogen-bond acceptors (Lipinski definition) is 5. The molecule has 7 nitrogen and oxygen atoms in total. The highest BCUT2D eigenvalue weighted by Crippen LogP contribution is 2.20. The molecule has 3 aromatic rings. The van der Waals surface area contributed by atoms with Crippen molar-refractivity contribution in [2.24, 2.45) is 0 Å². The molecule has 0 bridgehead atoms. The highest BCUT2D eigenvalue weighted by Gasteiger charge is 2.17. The van der Waals surface area contributed by atoms with Gasteiger partial charge >= 0.3 is 5.76 Å². The maximum absolute atomic E-state index is 12.3. The van der Waals surface area contributed by atoms with E-state index in [0.29, 0.717) is 16.7 Å². The first-order valence-electron chi connectivity index (χ1n) is 6.03. The van der Waals surface area contributed by atoms with Gasteiger partial charge in [0.25, 0.3) is 10.0 Å². The van der Waals surface area contributed by atoms with Crippen LogP contribution in [-0.4, -0.2) is 18.4 Å². The van der Waals surface area contributed by atoms with Crippen LogP contribution in [0.2, 0.25) is 0 Å². The van der Waals surface area contributed by atoms with Gasteiger partial charge < -0.3 is 4.42 Å². The lowest BCUT2D eigenvalue weighted by atomic mass is 10.3. The topological polar surface area (TPSA) is 105 Å². The number of sulfonamides is 1. The van der Waals surface area contributed by atoms with Crippen LogP contribution in [0, 0.1) is 6.92 Å². The summed E-state index contributed by atoms with van der Waals surface area (Å²) in [6.07, 6.45) is 1.50. The molecule has 0 amide bonds. The molecule has 0 aliphatic carbocycles. The average Bonchev–Trinajstić information content (AvgIpc) is 2.80. The van der Waals surface area contributed by atoms with Crippen molar-refractivity contribution < 1.29 is 12.8 Å². The van der Waals surface area contributed by atoms with Crippen molar-refractivity contribution in [3.8, 4) is 0 Å². The summed E-state index contributed by atoms with van der Waals surface area (Å²) in [7, 11) is -3.79. The molecular formula is C13H11N3O4S. The summed E-state index contributed by atoms with van der Waals surface area (Å²) in [5.74, 6) is -0.369. The molecule has 0 spiro atoms. The SMILES string of the molecule is Cc1cccnc1NS(=O)(=O)c1ccc2oc(=O)[nH]c2c1. The van der Waals surface area contributed by atoms with Gasteiger partial charge in [0.1, 0.15) is 5.82 Å². The van der Waals surface area contributed by atoms with Crippen LogP contribution in [0.25, 0.3) is 11.1 Å². The Morgan fingerprint density at radius 1 is 1.29 bits per heavy atom. The lowest BCUT2D eigenvalue weighted by Gasteiger charge is -2.09. The normalized spacial score (nSPS) is 11.7. The van der Waals surface area contributed by atoms with Crippen LogP contribution in [-0.2, 0) is 10.0 Å². The average molecular weight is 305 g/mol. The van der Waals surface area contributed by atoms with E-state index in [1.807, 2.05) is 0 Å². The maximum atomic E-state index is 12.3. The summed E-state index contributed by atoms with van der Waals surface area (Å²) in [5.41, 5.74) is 1.33. The van der Waals surface area contributed by atoms with Crippen LogP contribution in [0.5, 0.6) is 0 Å². The molecule has 3 rings (SSSR count). The largest absolute Gasteiger partial charge is 0.417 e. The molecule has 0 aliphatic rings. The number of aromatic nitrogens is 2. The number of rotatable bonds is 3. The van der Waals surface area contributed by atoms with Gasteiger partial charge in [-0.05, 0) is 36.8 Å². The van der Waals surface area contributed by atoms with E-state index >= 15 is 0 Å². The number of oxazole rings is 1. The Bertz CT molecular complexity index is 972. The minimum Gasteiger partial charge on any atom is -0.408 e. The number of pyridine rings is 1. The quantitative estimate of drug-likeness (QED) is 0.765. The summed E-state index contributed by atoms with van der Waals surface area (Å²) in [5, 5.41) is 0. The number of nitrogens with zero attached hydrogens (tertiary/aromatic N) is 1. The van der Waals surface area contributed by atoms with Gasteiger partial charge in [0.05, 0.1) is 10.4 Å². The van der Waals surface area contributed by atoms with Crippen LogP contribution >= 0.6 is 0 Å². The number of anilines is 1. The molecule has 2 N–H and O–H groups in total. The van der Waals surface area contributed by atoms with Gasteiger partial charge in [-0.25, -0.2) is 18.2 Å². The lowest BCUT2D eigenvalue weighted by molar-refractivity contribution is 0.555. The Kier molecular flexibility index (Phi) is 3.02. The summed E-state index contributed by atoms with van der Waals surface area (Å²) < 4.78 is 31.9. The Labute approximate surface area is 119 Å². The second kappa shape index (κ2) is 4.74. The predicted octanol–water partition coefficient (Wildman–Crippen LogP) is 1.63.